The fraction of sp³-hybridized carbons (Fsp3) is 0.118. The number of carboxylic acids is 1. The predicted octanol–water partition coefficient (Wildman–Crippen LogP) is 2.74. The van der Waals surface area contributed by atoms with E-state index in [1.807, 2.05) is 24.3 Å². The molecule has 2 heterocycles. The van der Waals surface area contributed by atoms with Crippen LogP contribution in [0.25, 0.3) is 0 Å². The molecule has 0 aliphatic heterocycles. The largest absolute Gasteiger partial charge is 0.478 e. The van der Waals surface area contributed by atoms with Crippen molar-refractivity contribution in [2.45, 2.75) is 13.2 Å². The van der Waals surface area contributed by atoms with Gasteiger partial charge in [0.2, 0.25) is 11.8 Å². The van der Waals surface area contributed by atoms with Crippen molar-refractivity contribution in [3.8, 4) is 5.88 Å². The van der Waals surface area contributed by atoms with Crippen molar-refractivity contribution in [2.24, 2.45) is 0 Å². The Labute approximate surface area is 137 Å². The van der Waals surface area contributed by atoms with Crippen LogP contribution in [0.4, 0.5) is 4.39 Å². The number of ether oxygens (including phenoxy) is 1. The molecule has 0 unspecified atom stereocenters. The van der Waals surface area contributed by atoms with Gasteiger partial charge in [-0.2, -0.15) is 14.5 Å². The third-order valence-electron chi connectivity index (χ3n) is 3.32. The summed E-state index contributed by atoms with van der Waals surface area (Å²) >= 11 is 0. The highest BCUT2D eigenvalue weighted by Gasteiger charge is 2.06. The second-order valence-electron chi connectivity index (χ2n) is 5.14. The highest BCUT2D eigenvalue weighted by atomic mass is 19.1. The first-order chi connectivity index (χ1) is 11.6. The van der Waals surface area contributed by atoms with Crippen LogP contribution in [0.5, 0.6) is 5.88 Å². The van der Waals surface area contributed by atoms with Crippen molar-refractivity contribution in [1.82, 2.24) is 14.8 Å². The highest BCUT2D eigenvalue weighted by Crippen LogP contribution is 2.12. The second-order valence-corrected chi connectivity index (χ2v) is 5.14. The van der Waals surface area contributed by atoms with Gasteiger partial charge in [-0.15, -0.1) is 0 Å². The molecule has 0 saturated heterocycles. The van der Waals surface area contributed by atoms with Crippen LogP contribution >= 0.6 is 0 Å². The molecule has 2 aromatic heterocycles. The molecule has 0 saturated carbocycles. The molecule has 0 fully saturated rings. The van der Waals surface area contributed by atoms with Crippen LogP contribution in [0.15, 0.2) is 54.9 Å². The van der Waals surface area contributed by atoms with Gasteiger partial charge < -0.3 is 9.84 Å². The van der Waals surface area contributed by atoms with Crippen LogP contribution in [0.1, 0.15) is 21.5 Å². The third-order valence-corrected chi connectivity index (χ3v) is 3.32. The number of carboxylic acid groups (broad SMARTS) is 1. The van der Waals surface area contributed by atoms with Gasteiger partial charge in [0.05, 0.1) is 18.3 Å². The molecule has 7 heteroatoms. The van der Waals surface area contributed by atoms with Gasteiger partial charge in [0.25, 0.3) is 0 Å². The molecule has 3 rings (SSSR count). The summed E-state index contributed by atoms with van der Waals surface area (Å²) < 4.78 is 20.0. The Morgan fingerprint density at radius 3 is 2.58 bits per heavy atom. The van der Waals surface area contributed by atoms with E-state index in [9.17, 15) is 9.18 Å². The summed E-state index contributed by atoms with van der Waals surface area (Å²) in [7, 11) is 0. The highest BCUT2D eigenvalue weighted by molar-refractivity contribution is 5.86. The van der Waals surface area contributed by atoms with Gasteiger partial charge >= 0.3 is 5.97 Å². The monoisotopic (exact) mass is 327 g/mol. The van der Waals surface area contributed by atoms with Gasteiger partial charge in [-0.25, -0.2) is 4.79 Å². The molecule has 0 radical (unpaired) electrons. The van der Waals surface area contributed by atoms with E-state index in [1.54, 1.807) is 10.7 Å². The quantitative estimate of drug-likeness (QED) is 0.704. The molecule has 24 heavy (non-hydrogen) atoms. The zero-order valence-corrected chi connectivity index (χ0v) is 12.6. The molecule has 0 spiro atoms. The van der Waals surface area contributed by atoms with E-state index in [-0.39, 0.29) is 18.1 Å². The van der Waals surface area contributed by atoms with Crippen LogP contribution in [-0.4, -0.2) is 25.8 Å². The smallest absolute Gasteiger partial charge is 0.338 e. The Balaban J connectivity index is 1.59. The average molecular weight is 327 g/mol. The summed E-state index contributed by atoms with van der Waals surface area (Å²) in [5.74, 6) is -1.35. The summed E-state index contributed by atoms with van der Waals surface area (Å²) in [4.78, 5) is 14.5. The van der Waals surface area contributed by atoms with Gasteiger partial charge in [-0.05, 0) is 17.2 Å². The molecule has 1 aromatic carbocycles. The predicted molar refractivity (Wildman–Crippen MR) is 83.3 cm³/mol. The topological polar surface area (TPSA) is 77.2 Å². The summed E-state index contributed by atoms with van der Waals surface area (Å²) in [5, 5.41) is 12.9. The molecular formula is C17H14FN3O3. The first-order valence-electron chi connectivity index (χ1n) is 7.19. The van der Waals surface area contributed by atoms with E-state index in [0.29, 0.717) is 6.54 Å². The minimum absolute atomic E-state index is 0.155. The van der Waals surface area contributed by atoms with E-state index < -0.39 is 11.9 Å². The summed E-state index contributed by atoms with van der Waals surface area (Å²) in [6.07, 6.45) is 2.80. The lowest BCUT2D eigenvalue weighted by atomic mass is 10.1. The molecule has 0 atom stereocenters. The van der Waals surface area contributed by atoms with Crippen LogP contribution in [-0.2, 0) is 13.2 Å². The van der Waals surface area contributed by atoms with Crippen LogP contribution in [0.2, 0.25) is 0 Å². The normalized spacial score (nSPS) is 10.5. The number of rotatable bonds is 6. The molecule has 0 aliphatic carbocycles. The molecule has 0 bridgehead atoms. The number of benzene rings is 1. The van der Waals surface area contributed by atoms with Crippen molar-refractivity contribution in [1.29, 1.82) is 0 Å². The van der Waals surface area contributed by atoms with E-state index in [2.05, 4.69) is 10.1 Å². The van der Waals surface area contributed by atoms with Gasteiger partial charge in [0, 0.05) is 12.3 Å². The summed E-state index contributed by atoms with van der Waals surface area (Å²) in [6, 6.07) is 12.0. The Kier molecular flexibility index (Phi) is 4.51. The summed E-state index contributed by atoms with van der Waals surface area (Å²) in [6.45, 7) is 0.752. The maximum atomic E-state index is 13.0. The molecule has 122 valence electrons. The second kappa shape index (κ2) is 6.91. The number of nitrogens with zero attached hydrogens (tertiary/aromatic N) is 3. The number of aromatic carboxylic acids is 1. The van der Waals surface area contributed by atoms with Crippen LogP contribution in [0.3, 0.4) is 0 Å². The average Bonchev–Trinajstić information content (AvgIpc) is 3.03. The fourth-order valence-corrected chi connectivity index (χ4v) is 2.12. The van der Waals surface area contributed by atoms with Crippen molar-refractivity contribution in [3.63, 3.8) is 0 Å². The Hall–Kier alpha value is -3.22. The minimum Gasteiger partial charge on any atom is -0.478 e. The third kappa shape index (κ3) is 3.95. The van der Waals surface area contributed by atoms with Crippen LogP contribution < -0.4 is 4.74 Å². The first-order valence-corrected chi connectivity index (χ1v) is 7.19. The van der Waals surface area contributed by atoms with E-state index in [4.69, 9.17) is 9.84 Å². The first kappa shape index (κ1) is 15.7. The van der Waals surface area contributed by atoms with Crippen LogP contribution in [0, 0.1) is 5.95 Å². The number of hydrogen-bond donors (Lipinski definition) is 1. The van der Waals surface area contributed by atoms with Gasteiger partial charge in [0.1, 0.15) is 6.61 Å². The molecule has 0 aliphatic rings. The van der Waals surface area contributed by atoms with E-state index in [1.165, 1.54) is 24.5 Å². The van der Waals surface area contributed by atoms with Gasteiger partial charge in [-0.3, -0.25) is 4.68 Å². The fourth-order valence-electron chi connectivity index (χ4n) is 2.12. The zero-order valence-electron chi connectivity index (χ0n) is 12.6. The molecule has 1 N–H and O–H groups in total. The minimum atomic E-state index is -1.00. The number of pyridine rings is 1. The SMILES string of the molecule is O=C(O)c1cnn(Cc2ccc(COc3cccc(F)n3)cc2)c1. The lowest BCUT2D eigenvalue weighted by molar-refractivity contribution is 0.0696. The molecule has 3 aromatic rings. The lowest BCUT2D eigenvalue weighted by Crippen LogP contribution is -2.02. The van der Waals surface area contributed by atoms with E-state index in [0.717, 1.165) is 11.1 Å². The van der Waals surface area contributed by atoms with Crippen molar-refractivity contribution >= 4 is 5.97 Å². The number of hydrogen-bond acceptors (Lipinski definition) is 4. The van der Waals surface area contributed by atoms with E-state index >= 15 is 0 Å². The van der Waals surface area contributed by atoms with Crippen molar-refractivity contribution in [2.75, 3.05) is 0 Å². The number of carbonyl (C=O) groups is 1. The summed E-state index contributed by atoms with van der Waals surface area (Å²) in [5.41, 5.74) is 2.04. The maximum Gasteiger partial charge on any atom is 0.338 e. The Morgan fingerprint density at radius 1 is 1.17 bits per heavy atom. The number of halogens is 1. The molecule has 6 nitrogen and oxygen atoms in total. The molecular weight excluding hydrogens is 313 g/mol. The number of aromatic nitrogens is 3. The molecule has 0 amide bonds. The van der Waals surface area contributed by atoms with Gasteiger partial charge in [-0.1, -0.05) is 30.3 Å². The maximum absolute atomic E-state index is 13.0. The van der Waals surface area contributed by atoms with Gasteiger partial charge in [0.15, 0.2) is 0 Å². The Morgan fingerprint density at radius 2 is 1.92 bits per heavy atom. The van der Waals surface area contributed by atoms with Crippen molar-refractivity contribution < 1.29 is 19.0 Å². The van der Waals surface area contributed by atoms with Crippen molar-refractivity contribution in [3.05, 3.63) is 77.5 Å². The Bertz CT molecular complexity index is 846. The standard InChI is InChI=1S/C17H14FN3O3/c18-15-2-1-3-16(20-15)24-11-13-6-4-12(5-7-13)9-21-10-14(8-19-21)17(22)23/h1-8,10H,9,11H2,(H,22,23). The zero-order chi connectivity index (χ0) is 16.9. The lowest BCUT2D eigenvalue weighted by Gasteiger charge is -2.07.